The lowest BCUT2D eigenvalue weighted by Gasteiger charge is -2.13. The van der Waals surface area contributed by atoms with Gasteiger partial charge in [0, 0.05) is 5.75 Å². The molecule has 0 bridgehead atoms. The second-order valence-corrected chi connectivity index (χ2v) is 9.04. The van der Waals surface area contributed by atoms with Gasteiger partial charge in [-0.2, -0.15) is 0 Å². The average Bonchev–Trinajstić information content (AvgIpc) is 3.00. The highest BCUT2D eigenvalue weighted by Gasteiger charge is 2.18. The lowest BCUT2D eigenvalue weighted by atomic mass is 10.2. The first-order chi connectivity index (χ1) is 11.5. The molecule has 1 amide bonds. The van der Waals surface area contributed by atoms with E-state index in [2.05, 4.69) is 22.4 Å². The summed E-state index contributed by atoms with van der Waals surface area (Å²) in [5, 5.41) is 11.0. The number of amides is 1. The summed E-state index contributed by atoms with van der Waals surface area (Å²) in [6.07, 6.45) is 1.10. The van der Waals surface area contributed by atoms with Gasteiger partial charge < -0.3 is 10.1 Å². The molecule has 1 heterocycles. The van der Waals surface area contributed by atoms with Gasteiger partial charge >= 0.3 is 0 Å². The summed E-state index contributed by atoms with van der Waals surface area (Å²) in [6, 6.07) is 5.70. The lowest BCUT2D eigenvalue weighted by molar-refractivity contribution is -0.115. The van der Waals surface area contributed by atoms with Gasteiger partial charge in [-0.15, -0.1) is 10.2 Å². The van der Waals surface area contributed by atoms with Crippen molar-refractivity contribution >= 4 is 46.5 Å². The quantitative estimate of drug-likeness (QED) is 0.678. The van der Waals surface area contributed by atoms with Crippen LogP contribution in [0.15, 0.2) is 26.9 Å². The van der Waals surface area contributed by atoms with E-state index in [0.717, 1.165) is 26.4 Å². The minimum atomic E-state index is -0.271. The Bertz CT molecular complexity index is 691. The van der Waals surface area contributed by atoms with Crippen LogP contribution < -0.4 is 10.1 Å². The van der Waals surface area contributed by atoms with Gasteiger partial charge in [-0.3, -0.25) is 4.79 Å². The van der Waals surface area contributed by atoms with Crippen LogP contribution in [0.4, 0.5) is 5.69 Å². The number of anilines is 1. The van der Waals surface area contributed by atoms with Crippen LogP contribution >= 0.6 is 34.9 Å². The largest absolute Gasteiger partial charge is 0.495 e. The van der Waals surface area contributed by atoms with Crippen LogP contribution in [0.5, 0.6) is 5.75 Å². The summed E-state index contributed by atoms with van der Waals surface area (Å²) in [5.74, 6) is 1.60. The Morgan fingerprint density at radius 3 is 2.83 bits per heavy atom. The topological polar surface area (TPSA) is 64.1 Å². The number of ether oxygens (including phenoxy) is 1. The number of rotatable bonds is 8. The molecule has 0 spiro atoms. The molecule has 0 aliphatic rings. The fourth-order valence-corrected chi connectivity index (χ4v) is 4.94. The van der Waals surface area contributed by atoms with E-state index >= 15 is 0 Å². The zero-order valence-electron chi connectivity index (χ0n) is 14.2. The number of carbonyl (C=O) groups excluding carboxylic acids is 1. The number of aromatic nitrogens is 2. The van der Waals surface area contributed by atoms with Crippen molar-refractivity contribution in [1.29, 1.82) is 0 Å². The minimum absolute atomic E-state index is 0.0816. The number of thioether (sulfide) groups is 2. The fraction of sp³-hybridized carbons (Fsp3) is 0.438. The molecule has 2 rings (SSSR count). The minimum Gasteiger partial charge on any atom is -0.495 e. The Hall–Kier alpha value is -1.25. The van der Waals surface area contributed by atoms with Crippen molar-refractivity contribution < 1.29 is 9.53 Å². The van der Waals surface area contributed by atoms with E-state index in [1.165, 1.54) is 23.1 Å². The Morgan fingerprint density at radius 2 is 2.12 bits per heavy atom. The molecule has 0 unspecified atom stereocenters. The smallest absolute Gasteiger partial charge is 0.237 e. The second kappa shape index (κ2) is 9.29. The van der Waals surface area contributed by atoms with Gasteiger partial charge in [-0.05, 0) is 38.0 Å². The van der Waals surface area contributed by atoms with E-state index in [1.54, 1.807) is 18.9 Å². The van der Waals surface area contributed by atoms with Crippen molar-refractivity contribution in [2.24, 2.45) is 0 Å². The molecule has 0 aliphatic carbocycles. The number of aryl methyl sites for hydroxylation is 1. The molecule has 0 aliphatic heterocycles. The van der Waals surface area contributed by atoms with Crippen LogP contribution in [0.25, 0.3) is 0 Å². The van der Waals surface area contributed by atoms with Crippen molar-refractivity contribution in [3.63, 3.8) is 0 Å². The van der Waals surface area contributed by atoms with Gasteiger partial charge in [0.2, 0.25) is 5.91 Å². The van der Waals surface area contributed by atoms with Crippen LogP contribution in [0.3, 0.4) is 0 Å². The molecule has 1 atom stereocenters. The molecule has 0 saturated heterocycles. The lowest BCUT2D eigenvalue weighted by Crippen LogP contribution is -2.22. The monoisotopic (exact) mass is 383 g/mol. The first-order valence-electron chi connectivity index (χ1n) is 7.62. The number of hydrogen-bond acceptors (Lipinski definition) is 7. The van der Waals surface area contributed by atoms with Crippen molar-refractivity contribution in [3.8, 4) is 5.75 Å². The molecule has 2 aromatic rings. The normalized spacial score (nSPS) is 12.0. The summed E-state index contributed by atoms with van der Waals surface area (Å²) in [5.41, 5.74) is 1.75. The van der Waals surface area contributed by atoms with Crippen molar-refractivity contribution in [2.45, 2.75) is 41.1 Å². The molecular formula is C16H21N3O2S3. The fourth-order valence-electron chi connectivity index (χ4n) is 1.85. The third-order valence-corrected chi connectivity index (χ3v) is 6.52. The van der Waals surface area contributed by atoms with Gasteiger partial charge in [0.05, 0.1) is 18.0 Å². The Morgan fingerprint density at radius 1 is 1.38 bits per heavy atom. The average molecular weight is 384 g/mol. The first-order valence-corrected chi connectivity index (χ1v) is 10.3. The maximum absolute atomic E-state index is 12.4. The molecule has 1 N–H and O–H groups in total. The van der Waals surface area contributed by atoms with Crippen LogP contribution in [0.1, 0.15) is 25.8 Å². The first kappa shape index (κ1) is 19.1. The molecule has 24 heavy (non-hydrogen) atoms. The summed E-state index contributed by atoms with van der Waals surface area (Å²) in [7, 11) is 1.59. The SMILES string of the molecule is CCCSc1nnc(S[C@@H](C)C(=O)Nc2cc(C)ccc2OC)s1. The Labute approximate surface area is 155 Å². The number of methoxy groups -OCH3 is 1. The van der Waals surface area contributed by atoms with E-state index < -0.39 is 0 Å². The summed E-state index contributed by atoms with van der Waals surface area (Å²) >= 11 is 4.66. The number of nitrogens with one attached hydrogen (secondary N) is 1. The molecule has 0 radical (unpaired) electrons. The van der Waals surface area contributed by atoms with Gasteiger partial charge in [0.15, 0.2) is 8.68 Å². The molecule has 1 aromatic carbocycles. The molecule has 5 nitrogen and oxygen atoms in total. The van der Waals surface area contributed by atoms with Crippen LogP contribution in [-0.2, 0) is 4.79 Å². The summed E-state index contributed by atoms with van der Waals surface area (Å²) in [6.45, 7) is 5.97. The van der Waals surface area contributed by atoms with Gasteiger partial charge in [-0.25, -0.2) is 0 Å². The van der Waals surface area contributed by atoms with Crippen LogP contribution in [0, 0.1) is 6.92 Å². The van der Waals surface area contributed by atoms with Crippen LogP contribution in [0.2, 0.25) is 0 Å². The maximum atomic E-state index is 12.4. The maximum Gasteiger partial charge on any atom is 0.237 e. The predicted molar refractivity (Wildman–Crippen MR) is 103 cm³/mol. The zero-order chi connectivity index (χ0) is 17.5. The zero-order valence-corrected chi connectivity index (χ0v) is 16.6. The third kappa shape index (κ3) is 5.39. The molecule has 1 aromatic heterocycles. The van der Waals surface area contributed by atoms with Gasteiger partial charge in [0.1, 0.15) is 5.75 Å². The number of benzene rings is 1. The van der Waals surface area contributed by atoms with Crippen molar-refractivity contribution in [2.75, 3.05) is 18.2 Å². The van der Waals surface area contributed by atoms with E-state index in [1.807, 2.05) is 32.0 Å². The molecule has 8 heteroatoms. The highest BCUT2D eigenvalue weighted by atomic mass is 32.2. The van der Waals surface area contributed by atoms with Crippen molar-refractivity contribution in [3.05, 3.63) is 23.8 Å². The third-order valence-electron chi connectivity index (χ3n) is 3.08. The van der Waals surface area contributed by atoms with Gasteiger partial charge in [-0.1, -0.05) is 47.9 Å². The predicted octanol–water partition coefficient (Wildman–Crippen LogP) is 4.48. The highest BCUT2D eigenvalue weighted by Crippen LogP contribution is 2.32. The Kier molecular flexibility index (Phi) is 7.39. The van der Waals surface area contributed by atoms with E-state index in [4.69, 9.17) is 4.74 Å². The second-order valence-electron chi connectivity index (χ2n) is 5.14. The van der Waals surface area contributed by atoms with E-state index in [-0.39, 0.29) is 11.2 Å². The van der Waals surface area contributed by atoms with E-state index in [9.17, 15) is 4.79 Å². The number of carbonyl (C=O) groups is 1. The highest BCUT2D eigenvalue weighted by molar-refractivity contribution is 8.03. The number of nitrogens with zero attached hydrogens (tertiary/aromatic N) is 2. The standard InChI is InChI=1S/C16H21N3O2S3/c1-5-8-22-15-18-19-16(24-15)23-11(3)14(20)17-12-9-10(2)6-7-13(12)21-4/h6-7,9,11H,5,8H2,1-4H3,(H,17,20)/t11-/m0/s1. The van der Waals surface area contributed by atoms with Crippen molar-refractivity contribution in [1.82, 2.24) is 10.2 Å². The van der Waals surface area contributed by atoms with Crippen LogP contribution in [-0.4, -0.2) is 34.2 Å². The number of hydrogen-bond donors (Lipinski definition) is 1. The summed E-state index contributed by atoms with van der Waals surface area (Å²) < 4.78 is 7.06. The molecule has 130 valence electrons. The molecule has 0 fully saturated rings. The van der Waals surface area contributed by atoms with Gasteiger partial charge in [0.25, 0.3) is 0 Å². The Balaban J connectivity index is 1.97. The molecular weight excluding hydrogens is 362 g/mol. The van der Waals surface area contributed by atoms with E-state index in [0.29, 0.717) is 11.4 Å². The molecule has 0 saturated carbocycles. The summed E-state index contributed by atoms with van der Waals surface area (Å²) in [4.78, 5) is 12.4.